The molecule has 0 aliphatic carbocycles. The fourth-order valence-electron chi connectivity index (χ4n) is 2.11. The topological polar surface area (TPSA) is 44.5 Å². The van der Waals surface area contributed by atoms with Gasteiger partial charge in [-0.15, -0.1) is 13.2 Å². The highest BCUT2D eigenvalue weighted by atomic mass is 19.4. The van der Waals surface area contributed by atoms with E-state index < -0.39 is 6.36 Å². The number of benzene rings is 2. The van der Waals surface area contributed by atoms with Gasteiger partial charge in [-0.25, -0.2) is 0 Å². The molecule has 6 heteroatoms. The van der Waals surface area contributed by atoms with Crippen LogP contribution in [0.1, 0.15) is 12.5 Å². The Kier molecular flexibility index (Phi) is 5.50. The molecule has 2 N–H and O–H groups in total. The highest BCUT2D eigenvalue weighted by Crippen LogP contribution is 2.36. The van der Waals surface area contributed by atoms with E-state index in [-0.39, 0.29) is 24.7 Å². The van der Waals surface area contributed by atoms with Crippen LogP contribution < -0.4 is 15.2 Å². The summed E-state index contributed by atoms with van der Waals surface area (Å²) >= 11 is 0. The molecule has 2 aromatic rings. The molecule has 0 fully saturated rings. The third-order valence-corrected chi connectivity index (χ3v) is 3.24. The zero-order chi connectivity index (χ0) is 16.9. The van der Waals surface area contributed by atoms with Gasteiger partial charge < -0.3 is 15.2 Å². The third kappa shape index (κ3) is 4.89. The molecule has 0 unspecified atom stereocenters. The molecule has 0 aliphatic rings. The molecule has 0 spiro atoms. The average molecular weight is 325 g/mol. The van der Waals surface area contributed by atoms with Gasteiger partial charge in [0.2, 0.25) is 0 Å². The van der Waals surface area contributed by atoms with Crippen LogP contribution in [0.5, 0.6) is 11.5 Å². The minimum atomic E-state index is -4.77. The Morgan fingerprint density at radius 2 is 1.61 bits per heavy atom. The number of ether oxygens (including phenoxy) is 2. The predicted molar refractivity (Wildman–Crippen MR) is 82.5 cm³/mol. The number of alkyl halides is 3. The highest BCUT2D eigenvalue weighted by molar-refractivity contribution is 5.67. The summed E-state index contributed by atoms with van der Waals surface area (Å²) in [6.07, 6.45) is -3.85. The first-order valence-corrected chi connectivity index (χ1v) is 7.25. The number of hydrogen-bond donors (Lipinski definition) is 1. The maximum atomic E-state index is 12.4. The molecule has 0 heterocycles. The molecule has 124 valence electrons. The monoisotopic (exact) mass is 325 g/mol. The van der Waals surface area contributed by atoms with Crippen molar-refractivity contribution >= 4 is 0 Å². The summed E-state index contributed by atoms with van der Waals surface area (Å²) < 4.78 is 46.6. The minimum Gasteiger partial charge on any atom is -0.488 e. The van der Waals surface area contributed by atoms with Crippen molar-refractivity contribution in [3.8, 4) is 22.6 Å². The van der Waals surface area contributed by atoms with Crippen LogP contribution in [0.4, 0.5) is 13.2 Å². The normalized spacial score (nSPS) is 11.3. The lowest BCUT2D eigenvalue weighted by Gasteiger charge is -2.15. The number of hydrogen-bond acceptors (Lipinski definition) is 3. The summed E-state index contributed by atoms with van der Waals surface area (Å²) in [7, 11) is 0. The molecule has 0 aromatic heterocycles. The molecule has 0 amide bonds. The fraction of sp³-hybridized carbons (Fsp3) is 0.294. The van der Waals surface area contributed by atoms with Gasteiger partial charge >= 0.3 is 6.36 Å². The number of halogens is 3. The van der Waals surface area contributed by atoms with E-state index in [0.29, 0.717) is 0 Å². The summed E-state index contributed by atoms with van der Waals surface area (Å²) in [5.74, 6) is -0.357. The SMILES string of the molecule is CCc1ccc(-c2ccc(OC(F)(F)F)c(OCCN)c2)cc1. The highest BCUT2D eigenvalue weighted by Gasteiger charge is 2.32. The molecule has 0 saturated carbocycles. The number of nitrogens with two attached hydrogens (primary N) is 1. The van der Waals surface area contributed by atoms with Crippen LogP contribution in [-0.2, 0) is 6.42 Å². The Hall–Kier alpha value is -2.21. The molecule has 23 heavy (non-hydrogen) atoms. The van der Waals surface area contributed by atoms with Crippen LogP contribution in [0, 0.1) is 0 Å². The van der Waals surface area contributed by atoms with E-state index in [1.165, 1.54) is 17.7 Å². The van der Waals surface area contributed by atoms with E-state index in [4.69, 9.17) is 10.5 Å². The minimum absolute atomic E-state index is 0.0184. The zero-order valence-electron chi connectivity index (χ0n) is 12.7. The summed E-state index contributed by atoms with van der Waals surface area (Å²) in [5.41, 5.74) is 8.16. The van der Waals surface area contributed by atoms with Crippen molar-refractivity contribution in [3.63, 3.8) is 0 Å². The van der Waals surface area contributed by atoms with E-state index in [2.05, 4.69) is 11.7 Å². The van der Waals surface area contributed by atoms with Gasteiger partial charge in [-0.2, -0.15) is 0 Å². The van der Waals surface area contributed by atoms with Gasteiger partial charge in [0.25, 0.3) is 0 Å². The van der Waals surface area contributed by atoms with Crippen molar-refractivity contribution < 1.29 is 22.6 Å². The first-order valence-electron chi connectivity index (χ1n) is 7.25. The molecule has 0 aliphatic heterocycles. The Balaban J connectivity index is 2.33. The summed E-state index contributed by atoms with van der Waals surface area (Å²) in [5, 5.41) is 0. The zero-order valence-corrected chi connectivity index (χ0v) is 12.7. The first-order chi connectivity index (χ1) is 10.9. The van der Waals surface area contributed by atoms with Crippen molar-refractivity contribution in [2.45, 2.75) is 19.7 Å². The van der Waals surface area contributed by atoms with Gasteiger partial charge in [0.15, 0.2) is 11.5 Å². The van der Waals surface area contributed by atoms with Crippen molar-refractivity contribution in [1.82, 2.24) is 0 Å². The fourth-order valence-corrected chi connectivity index (χ4v) is 2.11. The van der Waals surface area contributed by atoms with Crippen molar-refractivity contribution in [2.75, 3.05) is 13.2 Å². The second-order valence-corrected chi connectivity index (χ2v) is 4.90. The van der Waals surface area contributed by atoms with Crippen LogP contribution in [0.15, 0.2) is 42.5 Å². The Morgan fingerprint density at radius 3 is 2.17 bits per heavy atom. The van der Waals surface area contributed by atoms with Gasteiger partial charge in [-0.3, -0.25) is 0 Å². The maximum absolute atomic E-state index is 12.4. The summed E-state index contributed by atoms with van der Waals surface area (Å²) in [6, 6.07) is 12.2. The van der Waals surface area contributed by atoms with Crippen LogP contribution >= 0.6 is 0 Å². The lowest BCUT2D eigenvalue weighted by Crippen LogP contribution is -2.18. The predicted octanol–water partition coefficient (Wildman–Crippen LogP) is 4.15. The molecule has 0 bridgehead atoms. The smallest absolute Gasteiger partial charge is 0.488 e. The van der Waals surface area contributed by atoms with Crippen molar-refractivity contribution in [3.05, 3.63) is 48.0 Å². The molecule has 3 nitrogen and oxygen atoms in total. The van der Waals surface area contributed by atoms with Gasteiger partial charge in [0.1, 0.15) is 6.61 Å². The summed E-state index contributed by atoms with van der Waals surface area (Å²) in [4.78, 5) is 0. The van der Waals surface area contributed by atoms with E-state index in [0.717, 1.165) is 17.5 Å². The van der Waals surface area contributed by atoms with E-state index in [1.54, 1.807) is 6.07 Å². The molecule has 0 saturated heterocycles. The van der Waals surface area contributed by atoms with Gasteiger partial charge in [0.05, 0.1) is 0 Å². The van der Waals surface area contributed by atoms with Crippen LogP contribution in [0.3, 0.4) is 0 Å². The number of rotatable bonds is 6. The second kappa shape index (κ2) is 7.37. The lowest BCUT2D eigenvalue weighted by atomic mass is 10.0. The lowest BCUT2D eigenvalue weighted by molar-refractivity contribution is -0.275. The second-order valence-electron chi connectivity index (χ2n) is 4.90. The van der Waals surface area contributed by atoms with E-state index in [9.17, 15) is 13.2 Å². The summed E-state index contributed by atoms with van der Waals surface area (Å²) in [6.45, 7) is 2.35. The van der Waals surface area contributed by atoms with E-state index >= 15 is 0 Å². The Morgan fingerprint density at radius 1 is 0.957 bits per heavy atom. The average Bonchev–Trinajstić information content (AvgIpc) is 2.52. The van der Waals surface area contributed by atoms with Crippen molar-refractivity contribution in [2.24, 2.45) is 5.73 Å². The van der Waals surface area contributed by atoms with E-state index in [1.807, 2.05) is 24.3 Å². The van der Waals surface area contributed by atoms with Crippen molar-refractivity contribution in [1.29, 1.82) is 0 Å². The van der Waals surface area contributed by atoms with Crippen LogP contribution in [0.25, 0.3) is 11.1 Å². The number of aryl methyl sites for hydroxylation is 1. The van der Waals surface area contributed by atoms with Gasteiger partial charge in [-0.1, -0.05) is 37.3 Å². The molecular weight excluding hydrogens is 307 g/mol. The van der Waals surface area contributed by atoms with Gasteiger partial charge in [0, 0.05) is 6.54 Å². The quantitative estimate of drug-likeness (QED) is 0.867. The molecule has 0 radical (unpaired) electrons. The molecule has 0 atom stereocenters. The third-order valence-electron chi connectivity index (χ3n) is 3.24. The standard InChI is InChI=1S/C17H18F3NO2/c1-2-12-3-5-13(6-4-12)14-7-8-15(23-17(18,19)20)16(11-14)22-10-9-21/h3-8,11H,2,9-10,21H2,1H3. The molecule has 2 rings (SSSR count). The maximum Gasteiger partial charge on any atom is 0.573 e. The molecular formula is C17H18F3NO2. The van der Waals surface area contributed by atoms with Crippen LogP contribution in [0.2, 0.25) is 0 Å². The van der Waals surface area contributed by atoms with Crippen LogP contribution in [-0.4, -0.2) is 19.5 Å². The first kappa shape index (κ1) is 17.1. The Bertz CT molecular complexity index is 639. The Labute approximate surface area is 132 Å². The molecule has 2 aromatic carbocycles. The van der Waals surface area contributed by atoms with Gasteiger partial charge in [-0.05, 0) is 35.2 Å². The largest absolute Gasteiger partial charge is 0.573 e.